The summed E-state index contributed by atoms with van der Waals surface area (Å²) in [5.74, 6) is 0.181. The van der Waals surface area contributed by atoms with Crippen molar-refractivity contribution in [3.63, 3.8) is 0 Å². The van der Waals surface area contributed by atoms with Crippen LogP contribution in [0.2, 0.25) is 0 Å². The monoisotopic (exact) mass is 451 g/mol. The summed E-state index contributed by atoms with van der Waals surface area (Å²) in [5.41, 5.74) is 3.83. The molecule has 0 N–H and O–H groups in total. The Balaban J connectivity index is 1.36. The normalized spacial score (nSPS) is 25.2. The Morgan fingerprint density at radius 3 is 2.82 bits per heavy atom. The molecule has 1 saturated carbocycles. The average Bonchev–Trinajstić information content (AvgIpc) is 3.51. The van der Waals surface area contributed by atoms with Crippen molar-refractivity contribution in [1.29, 1.82) is 0 Å². The maximum Gasteiger partial charge on any atom is 0.281 e. The van der Waals surface area contributed by atoms with Gasteiger partial charge in [0.25, 0.3) is 5.91 Å². The number of carbonyl (C=O) groups is 2. The summed E-state index contributed by atoms with van der Waals surface area (Å²) in [7, 11) is 1.73. The van der Waals surface area contributed by atoms with Crippen molar-refractivity contribution in [1.82, 2.24) is 19.6 Å². The lowest BCUT2D eigenvalue weighted by Gasteiger charge is -2.41. The standard InChI is InChI=1S/C25H33N5O3/c1-16-11-22-20(23-21(24(31)27-22)13-26-30(23)15-18-5-6-18)12-19(16)25(32)29-9-8-28(17(2)14-29)7-4-10-33-3/h11-13,17-19H,4-10,14-15H2,1-3H3/t17-,19?/m0/s1. The number of amides is 2. The number of methoxy groups -OCH3 is 1. The summed E-state index contributed by atoms with van der Waals surface area (Å²) >= 11 is 0. The number of piperazine rings is 1. The van der Waals surface area contributed by atoms with Gasteiger partial charge in [-0.25, -0.2) is 4.99 Å². The Labute approximate surface area is 195 Å². The first-order valence-corrected chi connectivity index (χ1v) is 12.1. The van der Waals surface area contributed by atoms with Crippen LogP contribution in [-0.2, 0) is 16.1 Å². The summed E-state index contributed by atoms with van der Waals surface area (Å²) < 4.78 is 7.13. The van der Waals surface area contributed by atoms with E-state index in [0.29, 0.717) is 23.2 Å². The molecule has 2 aliphatic heterocycles. The first-order valence-electron chi connectivity index (χ1n) is 12.1. The van der Waals surface area contributed by atoms with Gasteiger partial charge in [-0.15, -0.1) is 0 Å². The molecule has 5 rings (SSSR count). The Morgan fingerprint density at radius 1 is 1.27 bits per heavy atom. The van der Waals surface area contributed by atoms with Crippen LogP contribution in [0, 0.1) is 11.8 Å². The molecule has 1 unspecified atom stereocenters. The minimum atomic E-state index is -0.337. The molecule has 2 amide bonds. The van der Waals surface area contributed by atoms with E-state index >= 15 is 0 Å². The Kier molecular flexibility index (Phi) is 6.05. The van der Waals surface area contributed by atoms with Crippen LogP contribution >= 0.6 is 0 Å². The first kappa shape index (κ1) is 22.2. The lowest BCUT2D eigenvalue weighted by Crippen LogP contribution is -2.55. The summed E-state index contributed by atoms with van der Waals surface area (Å²) in [5, 5.41) is 4.50. The average molecular weight is 452 g/mol. The number of allylic oxidation sites excluding steroid dienone is 2. The van der Waals surface area contributed by atoms with Gasteiger partial charge in [0, 0.05) is 58.1 Å². The van der Waals surface area contributed by atoms with Gasteiger partial charge in [-0.05, 0) is 45.1 Å². The highest BCUT2D eigenvalue weighted by atomic mass is 16.5. The van der Waals surface area contributed by atoms with Crippen LogP contribution in [0.15, 0.2) is 28.9 Å². The Hall–Kier alpha value is -2.58. The maximum atomic E-state index is 13.6. The minimum Gasteiger partial charge on any atom is -0.385 e. The van der Waals surface area contributed by atoms with Crippen LogP contribution in [0.5, 0.6) is 0 Å². The zero-order chi connectivity index (χ0) is 23.1. The predicted molar refractivity (Wildman–Crippen MR) is 126 cm³/mol. The number of hydrogen-bond donors (Lipinski definition) is 0. The summed E-state index contributed by atoms with van der Waals surface area (Å²) in [6.07, 6.45) is 8.98. The fourth-order valence-electron chi connectivity index (χ4n) is 5.14. The molecule has 1 aromatic heterocycles. The number of aliphatic imine (C=N–C) groups is 1. The van der Waals surface area contributed by atoms with E-state index in [1.165, 1.54) is 12.8 Å². The van der Waals surface area contributed by atoms with Gasteiger partial charge in [-0.1, -0.05) is 11.6 Å². The molecule has 1 saturated heterocycles. The lowest BCUT2D eigenvalue weighted by atomic mass is 9.84. The van der Waals surface area contributed by atoms with Crippen molar-refractivity contribution in [3.8, 4) is 0 Å². The SMILES string of the molecule is COCCCN1CCN(C(=O)C2C=C3C(=NC(=O)c4cnn(CC5CC5)c43)C=C2C)C[C@@H]1C. The molecule has 176 valence electrons. The number of ether oxygens (including phenoxy) is 1. The van der Waals surface area contributed by atoms with Gasteiger partial charge in [0.1, 0.15) is 0 Å². The Bertz CT molecular complexity index is 1050. The van der Waals surface area contributed by atoms with Crippen molar-refractivity contribution in [3.05, 3.63) is 35.2 Å². The lowest BCUT2D eigenvalue weighted by molar-refractivity contribution is -0.135. The third-order valence-corrected chi connectivity index (χ3v) is 7.28. The molecule has 2 aliphatic carbocycles. The van der Waals surface area contributed by atoms with Crippen LogP contribution in [-0.4, -0.2) is 83.0 Å². The summed E-state index contributed by atoms with van der Waals surface area (Å²) in [4.78, 5) is 34.9. The van der Waals surface area contributed by atoms with Gasteiger partial charge in [-0.2, -0.15) is 5.10 Å². The Morgan fingerprint density at radius 2 is 2.09 bits per heavy atom. The van der Waals surface area contributed by atoms with E-state index in [-0.39, 0.29) is 17.7 Å². The van der Waals surface area contributed by atoms with E-state index in [1.54, 1.807) is 13.3 Å². The highest BCUT2D eigenvalue weighted by molar-refractivity contribution is 6.36. The number of carbonyl (C=O) groups excluding carboxylic acids is 2. The molecular formula is C25H33N5O3. The quantitative estimate of drug-likeness (QED) is 0.595. The number of nitrogens with zero attached hydrogens (tertiary/aromatic N) is 5. The van der Waals surface area contributed by atoms with Crippen molar-refractivity contribution in [2.24, 2.45) is 16.8 Å². The fourth-order valence-corrected chi connectivity index (χ4v) is 5.14. The molecule has 8 heteroatoms. The van der Waals surface area contributed by atoms with E-state index in [0.717, 1.165) is 62.6 Å². The van der Waals surface area contributed by atoms with Crippen LogP contribution in [0.3, 0.4) is 0 Å². The molecule has 4 aliphatic rings. The molecule has 8 nitrogen and oxygen atoms in total. The zero-order valence-electron chi connectivity index (χ0n) is 19.8. The zero-order valence-corrected chi connectivity index (χ0v) is 19.8. The molecule has 0 spiro atoms. The molecule has 0 aromatic carbocycles. The number of fused-ring (bicyclic) bond motifs is 3. The smallest absolute Gasteiger partial charge is 0.281 e. The maximum absolute atomic E-state index is 13.6. The summed E-state index contributed by atoms with van der Waals surface area (Å²) in [6, 6.07) is 0.316. The third-order valence-electron chi connectivity index (χ3n) is 7.28. The molecule has 2 fully saturated rings. The molecule has 2 atom stereocenters. The topological polar surface area (TPSA) is 80.0 Å². The summed E-state index contributed by atoms with van der Waals surface area (Å²) in [6.45, 7) is 9.05. The highest BCUT2D eigenvalue weighted by Crippen LogP contribution is 2.37. The molecule has 0 bridgehead atoms. The van der Waals surface area contributed by atoms with Crippen molar-refractivity contribution in [2.45, 2.75) is 45.7 Å². The van der Waals surface area contributed by atoms with Crippen molar-refractivity contribution < 1.29 is 14.3 Å². The van der Waals surface area contributed by atoms with Crippen LogP contribution < -0.4 is 0 Å². The van der Waals surface area contributed by atoms with Gasteiger partial charge in [0.05, 0.1) is 29.1 Å². The van der Waals surface area contributed by atoms with Gasteiger partial charge in [-0.3, -0.25) is 19.2 Å². The van der Waals surface area contributed by atoms with Gasteiger partial charge >= 0.3 is 0 Å². The van der Waals surface area contributed by atoms with Gasteiger partial charge in [0.15, 0.2) is 0 Å². The van der Waals surface area contributed by atoms with Crippen molar-refractivity contribution in [2.75, 3.05) is 39.9 Å². The van der Waals surface area contributed by atoms with Crippen LogP contribution in [0.1, 0.15) is 49.2 Å². The van der Waals surface area contributed by atoms with E-state index in [4.69, 9.17) is 4.74 Å². The van der Waals surface area contributed by atoms with Crippen LogP contribution in [0.25, 0.3) is 5.57 Å². The first-order chi connectivity index (χ1) is 16.0. The van der Waals surface area contributed by atoms with Gasteiger partial charge in [0.2, 0.25) is 5.91 Å². The largest absolute Gasteiger partial charge is 0.385 e. The van der Waals surface area contributed by atoms with E-state index in [2.05, 4.69) is 21.9 Å². The fraction of sp³-hybridized carbons (Fsp3) is 0.600. The second-order valence-electron chi connectivity index (χ2n) is 9.80. The second kappa shape index (κ2) is 8.99. The molecule has 3 heterocycles. The molecule has 1 aromatic rings. The number of rotatable bonds is 7. The molecular weight excluding hydrogens is 418 g/mol. The van der Waals surface area contributed by atoms with E-state index in [9.17, 15) is 9.59 Å². The highest BCUT2D eigenvalue weighted by Gasteiger charge is 2.37. The number of aromatic nitrogens is 2. The minimum absolute atomic E-state index is 0.130. The van der Waals surface area contributed by atoms with Crippen molar-refractivity contribution >= 4 is 23.1 Å². The predicted octanol–water partition coefficient (Wildman–Crippen LogP) is 2.42. The molecule has 33 heavy (non-hydrogen) atoms. The van der Waals surface area contributed by atoms with Gasteiger partial charge < -0.3 is 9.64 Å². The van der Waals surface area contributed by atoms with E-state index < -0.39 is 0 Å². The number of hydrogen-bond acceptors (Lipinski definition) is 5. The molecule has 0 radical (unpaired) electrons. The van der Waals surface area contributed by atoms with E-state index in [1.807, 2.05) is 28.7 Å². The third kappa shape index (κ3) is 4.34. The van der Waals surface area contributed by atoms with Crippen LogP contribution in [0.4, 0.5) is 0 Å². The second-order valence-corrected chi connectivity index (χ2v) is 9.80.